The van der Waals surface area contributed by atoms with Crippen LogP contribution in [0.2, 0.25) is 5.02 Å². The first-order valence-corrected chi connectivity index (χ1v) is 6.81. The normalized spacial score (nSPS) is 18.5. The molecule has 1 aromatic rings. The SMILES string of the molecule is Fc1ccc(Cl)cc1CNC1(CCl)CCCC1. The number of alkyl halides is 1. The van der Waals surface area contributed by atoms with E-state index in [0.717, 1.165) is 12.8 Å². The Labute approximate surface area is 111 Å². The molecule has 1 aromatic carbocycles. The molecule has 0 heterocycles. The van der Waals surface area contributed by atoms with Gasteiger partial charge < -0.3 is 5.32 Å². The monoisotopic (exact) mass is 275 g/mol. The first-order valence-electron chi connectivity index (χ1n) is 5.90. The number of hydrogen-bond donors (Lipinski definition) is 1. The summed E-state index contributed by atoms with van der Waals surface area (Å²) in [7, 11) is 0. The molecule has 4 heteroatoms. The summed E-state index contributed by atoms with van der Waals surface area (Å²) in [5.74, 6) is 0.361. The fourth-order valence-corrected chi connectivity index (χ4v) is 2.93. The molecule has 1 N–H and O–H groups in total. The summed E-state index contributed by atoms with van der Waals surface area (Å²) >= 11 is 11.9. The molecule has 0 bridgehead atoms. The summed E-state index contributed by atoms with van der Waals surface area (Å²) in [5, 5.41) is 3.96. The average Bonchev–Trinajstić information content (AvgIpc) is 2.80. The highest BCUT2D eigenvalue weighted by Crippen LogP contribution is 2.31. The van der Waals surface area contributed by atoms with E-state index in [4.69, 9.17) is 23.2 Å². The molecular formula is C13H16Cl2FN. The molecule has 0 radical (unpaired) electrons. The lowest BCUT2D eigenvalue weighted by Gasteiger charge is -2.28. The van der Waals surface area contributed by atoms with Crippen molar-refractivity contribution in [2.45, 2.75) is 37.8 Å². The number of halogens is 3. The van der Waals surface area contributed by atoms with Gasteiger partial charge in [-0.3, -0.25) is 0 Å². The molecule has 1 aliphatic rings. The van der Waals surface area contributed by atoms with Crippen LogP contribution in [-0.4, -0.2) is 11.4 Å². The minimum atomic E-state index is -0.218. The van der Waals surface area contributed by atoms with Crippen LogP contribution in [0.1, 0.15) is 31.2 Å². The van der Waals surface area contributed by atoms with Crippen LogP contribution in [0.5, 0.6) is 0 Å². The standard InChI is InChI=1S/C13H16Cl2FN/c14-9-13(5-1-2-6-13)17-8-10-7-11(15)3-4-12(10)16/h3-4,7,17H,1-2,5-6,8-9H2. The molecule has 1 nitrogen and oxygen atoms in total. The van der Waals surface area contributed by atoms with E-state index in [9.17, 15) is 4.39 Å². The number of rotatable bonds is 4. The first-order chi connectivity index (χ1) is 8.15. The van der Waals surface area contributed by atoms with E-state index in [0.29, 0.717) is 23.0 Å². The van der Waals surface area contributed by atoms with E-state index < -0.39 is 0 Å². The van der Waals surface area contributed by atoms with Crippen molar-refractivity contribution >= 4 is 23.2 Å². The number of nitrogens with one attached hydrogen (secondary N) is 1. The summed E-state index contributed by atoms with van der Waals surface area (Å²) in [6, 6.07) is 4.63. The summed E-state index contributed by atoms with van der Waals surface area (Å²) in [5.41, 5.74) is 0.588. The lowest BCUT2D eigenvalue weighted by atomic mass is 10.00. The van der Waals surface area contributed by atoms with Crippen LogP contribution in [0, 0.1) is 5.82 Å². The summed E-state index contributed by atoms with van der Waals surface area (Å²) < 4.78 is 13.5. The van der Waals surface area contributed by atoms with E-state index in [1.54, 1.807) is 12.1 Å². The van der Waals surface area contributed by atoms with E-state index >= 15 is 0 Å². The van der Waals surface area contributed by atoms with Gasteiger partial charge in [0.2, 0.25) is 0 Å². The van der Waals surface area contributed by atoms with Gasteiger partial charge in [-0.2, -0.15) is 0 Å². The van der Waals surface area contributed by atoms with Gasteiger partial charge in [-0.15, -0.1) is 11.6 Å². The Balaban J connectivity index is 2.03. The Morgan fingerprint density at radius 2 is 2.00 bits per heavy atom. The van der Waals surface area contributed by atoms with Crippen LogP contribution in [0.15, 0.2) is 18.2 Å². The zero-order valence-corrected chi connectivity index (χ0v) is 11.1. The summed E-state index contributed by atoms with van der Waals surface area (Å²) in [4.78, 5) is 0. The van der Waals surface area contributed by atoms with Crippen molar-refractivity contribution in [2.75, 3.05) is 5.88 Å². The Morgan fingerprint density at radius 1 is 1.29 bits per heavy atom. The third-order valence-corrected chi connectivity index (χ3v) is 4.22. The molecular weight excluding hydrogens is 260 g/mol. The van der Waals surface area contributed by atoms with Crippen LogP contribution in [0.3, 0.4) is 0 Å². The molecule has 1 aliphatic carbocycles. The van der Waals surface area contributed by atoms with E-state index in [1.165, 1.54) is 18.9 Å². The Bertz CT molecular complexity index is 389. The van der Waals surface area contributed by atoms with Crippen molar-refractivity contribution in [3.05, 3.63) is 34.6 Å². The van der Waals surface area contributed by atoms with Crippen molar-refractivity contribution in [3.63, 3.8) is 0 Å². The first kappa shape index (κ1) is 13.1. The molecule has 2 rings (SSSR count). The van der Waals surface area contributed by atoms with Crippen molar-refractivity contribution in [1.82, 2.24) is 5.32 Å². The van der Waals surface area contributed by atoms with E-state index in [-0.39, 0.29) is 11.4 Å². The molecule has 0 saturated heterocycles. The van der Waals surface area contributed by atoms with Crippen LogP contribution in [0.4, 0.5) is 4.39 Å². The maximum absolute atomic E-state index is 13.5. The molecule has 1 fully saturated rings. The third-order valence-electron chi connectivity index (χ3n) is 3.48. The van der Waals surface area contributed by atoms with Gasteiger partial charge in [0.05, 0.1) is 0 Å². The highest BCUT2D eigenvalue weighted by molar-refractivity contribution is 6.30. The zero-order chi connectivity index (χ0) is 12.3. The molecule has 0 aliphatic heterocycles. The van der Waals surface area contributed by atoms with Crippen molar-refractivity contribution < 1.29 is 4.39 Å². The van der Waals surface area contributed by atoms with E-state index in [1.807, 2.05) is 0 Å². The number of benzene rings is 1. The second-order valence-corrected chi connectivity index (χ2v) is 5.41. The quantitative estimate of drug-likeness (QED) is 0.816. The van der Waals surface area contributed by atoms with Gasteiger partial charge in [0.1, 0.15) is 5.82 Å². The van der Waals surface area contributed by atoms with E-state index in [2.05, 4.69) is 5.32 Å². The van der Waals surface area contributed by atoms with Crippen molar-refractivity contribution in [1.29, 1.82) is 0 Å². The molecule has 0 unspecified atom stereocenters. The number of hydrogen-bond acceptors (Lipinski definition) is 1. The molecule has 0 spiro atoms. The molecule has 17 heavy (non-hydrogen) atoms. The lowest BCUT2D eigenvalue weighted by molar-refractivity contribution is 0.364. The Hall–Kier alpha value is -0.310. The fraction of sp³-hybridized carbons (Fsp3) is 0.538. The van der Waals surface area contributed by atoms with Gasteiger partial charge in [-0.05, 0) is 31.0 Å². The lowest BCUT2D eigenvalue weighted by Crippen LogP contribution is -2.44. The minimum absolute atomic E-state index is 0.0175. The second-order valence-electron chi connectivity index (χ2n) is 4.71. The molecule has 0 atom stereocenters. The smallest absolute Gasteiger partial charge is 0.127 e. The Kier molecular flexibility index (Phi) is 4.29. The van der Waals surface area contributed by atoms with Gasteiger partial charge in [0.15, 0.2) is 0 Å². The highest BCUT2D eigenvalue weighted by Gasteiger charge is 2.32. The van der Waals surface area contributed by atoms with Gasteiger partial charge in [-0.1, -0.05) is 24.4 Å². The molecule has 0 aromatic heterocycles. The molecule has 94 valence electrons. The van der Waals surface area contributed by atoms with Gasteiger partial charge in [0, 0.05) is 28.5 Å². The van der Waals surface area contributed by atoms with Crippen LogP contribution in [-0.2, 0) is 6.54 Å². The van der Waals surface area contributed by atoms with Crippen molar-refractivity contribution in [3.8, 4) is 0 Å². The minimum Gasteiger partial charge on any atom is -0.306 e. The fourth-order valence-electron chi connectivity index (χ4n) is 2.37. The summed E-state index contributed by atoms with van der Waals surface area (Å²) in [6.07, 6.45) is 4.52. The average molecular weight is 276 g/mol. The van der Waals surface area contributed by atoms with Gasteiger partial charge in [0.25, 0.3) is 0 Å². The molecule has 0 amide bonds. The molecule has 1 saturated carbocycles. The van der Waals surface area contributed by atoms with Crippen molar-refractivity contribution in [2.24, 2.45) is 0 Å². The Morgan fingerprint density at radius 3 is 2.65 bits per heavy atom. The van der Waals surface area contributed by atoms with Crippen LogP contribution < -0.4 is 5.32 Å². The maximum Gasteiger partial charge on any atom is 0.127 e. The van der Waals surface area contributed by atoms with Gasteiger partial charge >= 0.3 is 0 Å². The largest absolute Gasteiger partial charge is 0.306 e. The maximum atomic E-state index is 13.5. The topological polar surface area (TPSA) is 12.0 Å². The zero-order valence-electron chi connectivity index (χ0n) is 9.61. The second kappa shape index (κ2) is 5.55. The van der Waals surface area contributed by atoms with Crippen LogP contribution in [0.25, 0.3) is 0 Å². The van der Waals surface area contributed by atoms with Crippen LogP contribution >= 0.6 is 23.2 Å². The predicted molar refractivity (Wildman–Crippen MR) is 70.2 cm³/mol. The summed E-state index contributed by atoms with van der Waals surface area (Å²) in [6.45, 7) is 0.485. The highest BCUT2D eigenvalue weighted by atomic mass is 35.5. The third kappa shape index (κ3) is 3.12. The van der Waals surface area contributed by atoms with Gasteiger partial charge in [-0.25, -0.2) is 4.39 Å². The predicted octanol–water partition coefficient (Wildman–Crippen LogP) is 4.12.